The summed E-state index contributed by atoms with van der Waals surface area (Å²) in [5.41, 5.74) is 2.72. The molecule has 25 heavy (non-hydrogen) atoms. The number of hydrogen-bond donors (Lipinski definition) is 0. The van der Waals surface area contributed by atoms with E-state index < -0.39 is 5.82 Å². The van der Waals surface area contributed by atoms with Gasteiger partial charge < -0.3 is 9.64 Å². The molecular weight excluding hydrogens is 321 g/mol. The maximum Gasteiger partial charge on any atom is 0.260 e. The summed E-state index contributed by atoms with van der Waals surface area (Å²) >= 11 is 0. The molecule has 3 heterocycles. The number of hydrogen-bond acceptors (Lipinski definition) is 4. The van der Waals surface area contributed by atoms with Crippen LogP contribution in [-0.4, -0.2) is 33.9 Å². The number of fused-ring (bicyclic) bond motifs is 2. The molecular formula is C19H16FN3O2. The molecule has 0 N–H and O–H groups in total. The van der Waals surface area contributed by atoms with E-state index in [1.807, 2.05) is 18.2 Å². The Bertz CT molecular complexity index is 945. The van der Waals surface area contributed by atoms with E-state index in [1.54, 1.807) is 23.2 Å². The number of halogens is 1. The fraction of sp³-hybridized carbons (Fsp3) is 0.211. The minimum atomic E-state index is -0.470. The Hall–Kier alpha value is -3.02. The van der Waals surface area contributed by atoms with Gasteiger partial charge in [0.15, 0.2) is 23.8 Å². The van der Waals surface area contributed by atoms with Gasteiger partial charge in [-0.2, -0.15) is 0 Å². The lowest BCUT2D eigenvalue weighted by Gasteiger charge is -2.28. The van der Waals surface area contributed by atoms with Gasteiger partial charge in [-0.05, 0) is 35.9 Å². The molecule has 0 radical (unpaired) electrons. The van der Waals surface area contributed by atoms with Crippen LogP contribution < -0.4 is 4.74 Å². The summed E-state index contributed by atoms with van der Waals surface area (Å²) in [6.45, 7) is 0.864. The van der Waals surface area contributed by atoms with E-state index in [9.17, 15) is 9.18 Å². The Balaban J connectivity index is 1.47. The molecule has 3 aromatic rings. The molecule has 6 heteroatoms. The molecule has 1 amide bonds. The van der Waals surface area contributed by atoms with Crippen molar-refractivity contribution in [2.24, 2.45) is 0 Å². The zero-order valence-electron chi connectivity index (χ0n) is 13.5. The molecule has 1 aliphatic heterocycles. The van der Waals surface area contributed by atoms with E-state index in [0.29, 0.717) is 19.5 Å². The van der Waals surface area contributed by atoms with Gasteiger partial charge in [0, 0.05) is 36.8 Å². The number of carbonyl (C=O) groups excluding carboxylic acids is 1. The normalized spacial score (nSPS) is 13.6. The Morgan fingerprint density at radius 2 is 2.12 bits per heavy atom. The molecule has 0 unspecified atom stereocenters. The zero-order valence-corrected chi connectivity index (χ0v) is 13.5. The van der Waals surface area contributed by atoms with Crippen molar-refractivity contribution in [3.8, 4) is 5.75 Å². The monoisotopic (exact) mass is 337 g/mol. The molecule has 0 fully saturated rings. The van der Waals surface area contributed by atoms with Gasteiger partial charge in [0.25, 0.3) is 5.91 Å². The van der Waals surface area contributed by atoms with Crippen LogP contribution in [0, 0.1) is 5.82 Å². The van der Waals surface area contributed by atoms with E-state index in [0.717, 1.165) is 22.3 Å². The summed E-state index contributed by atoms with van der Waals surface area (Å²) in [7, 11) is 0. The first kappa shape index (κ1) is 15.5. The van der Waals surface area contributed by atoms with Gasteiger partial charge in [0.2, 0.25) is 0 Å². The lowest BCUT2D eigenvalue weighted by molar-refractivity contribution is -0.134. The third-order valence-corrected chi connectivity index (χ3v) is 4.28. The van der Waals surface area contributed by atoms with Crippen LogP contribution in [-0.2, 0) is 17.8 Å². The highest BCUT2D eigenvalue weighted by Crippen LogP contribution is 2.22. The van der Waals surface area contributed by atoms with E-state index >= 15 is 0 Å². The van der Waals surface area contributed by atoms with E-state index in [2.05, 4.69) is 9.97 Å². The van der Waals surface area contributed by atoms with Crippen LogP contribution in [0.25, 0.3) is 11.0 Å². The van der Waals surface area contributed by atoms with Gasteiger partial charge in [-0.1, -0.05) is 12.1 Å². The first-order valence-electron chi connectivity index (χ1n) is 8.09. The summed E-state index contributed by atoms with van der Waals surface area (Å²) in [5.74, 6) is -0.547. The van der Waals surface area contributed by atoms with Crippen LogP contribution >= 0.6 is 0 Å². The third kappa shape index (κ3) is 3.15. The van der Waals surface area contributed by atoms with Crippen molar-refractivity contribution >= 4 is 16.9 Å². The van der Waals surface area contributed by atoms with Gasteiger partial charge in [-0.15, -0.1) is 0 Å². The highest BCUT2D eigenvalue weighted by atomic mass is 19.1. The standard InChI is InChI=1S/C19H16FN3O2/c20-15-5-1-2-6-17(15)25-12-18(24)23-9-7-16-14(11-23)10-13-4-3-8-21-19(13)22-16/h1-6,8,10H,7,9,11-12H2. The number of pyridine rings is 2. The largest absolute Gasteiger partial charge is 0.481 e. The second-order valence-electron chi connectivity index (χ2n) is 5.93. The minimum Gasteiger partial charge on any atom is -0.481 e. The molecule has 1 aromatic carbocycles. The number of aromatic nitrogens is 2. The average molecular weight is 337 g/mol. The predicted octanol–water partition coefficient (Wildman–Crippen LogP) is 2.73. The number of carbonyl (C=O) groups is 1. The van der Waals surface area contributed by atoms with Crippen LogP contribution in [0.4, 0.5) is 4.39 Å². The molecule has 2 aromatic heterocycles. The molecule has 0 aliphatic carbocycles. The molecule has 0 bridgehead atoms. The molecule has 0 saturated heterocycles. The second-order valence-corrected chi connectivity index (χ2v) is 5.93. The number of ether oxygens (including phenoxy) is 1. The summed E-state index contributed by atoms with van der Waals surface area (Å²) in [4.78, 5) is 23.0. The van der Waals surface area contributed by atoms with Crippen molar-refractivity contribution in [2.45, 2.75) is 13.0 Å². The van der Waals surface area contributed by atoms with Crippen LogP contribution in [0.1, 0.15) is 11.3 Å². The Morgan fingerprint density at radius 1 is 1.24 bits per heavy atom. The maximum absolute atomic E-state index is 13.6. The first-order valence-corrected chi connectivity index (χ1v) is 8.09. The minimum absolute atomic E-state index is 0.0898. The number of nitrogens with zero attached hydrogens (tertiary/aromatic N) is 3. The molecule has 5 nitrogen and oxygen atoms in total. The summed E-state index contributed by atoms with van der Waals surface area (Å²) in [5, 5.41) is 0.957. The lowest BCUT2D eigenvalue weighted by atomic mass is 10.0. The van der Waals surface area contributed by atoms with Crippen molar-refractivity contribution < 1.29 is 13.9 Å². The second kappa shape index (κ2) is 6.47. The van der Waals surface area contributed by atoms with Crippen LogP contribution in [0.15, 0.2) is 48.7 Å². The SMILES string of the molecule is O=C(COc1ccccc1F)N1CCc2nc3ncccc3cc2C1. The smallest absolute Gasteiger partial charge is 0.260 e. The lowest BCUT2D eigenvalue weighted by Crippen LogP contribution is -2.39. The van der Waals surface area contributed by atoms with Gasteiger partial charge in [-0.25, -0.2) is 14.4 Å². The number of para-hydroxylation sites is 1. The van der Waals surface area contributed by atoms with Gasteiger partial charge in [0.1, 0.15) is 0 Å². The highest BCUT2D eigenvalue weighted by molar-refractivity contribution is 5.79. The van der Waals surface area contributed by atoms with Crippen molar-refractivity contribution in [1.82, 2.24) is 14.9 Å². The quantitative estimate of drug-likeness (QED) is 0.737. The zero-order chi connectivity index (χ0) is 17.2. The van der Waals surface area contributed by atoms with E-state index in [-0.39, 0.29) is 18.3 Å². The molecule has 0 spiro atoms. The molecule has 1 aliphatic rings. The van der Waals surface area contributed by atoms with Crippen molar-refractivity contribution in [3.63, 3.8) is 0 Å². The molecule has 4 rings (SSSR count). The third-order valence-electron chi connectivity index (χ3n) is 4.28. The van der Waals surface area contributed by atoms with Crippen molar-refractivity contribution in [1.29, 1.82) is 0 Å². The Morgan fingerprint density at radius 3 is 3.00 bits per heavy atom. The first-order chi connectivity index (χ1) is 12.2. The summed E-state index contributed by atoms with van der Waals surface area (Å²) in [6.07, 6.45) is 2.40. The van der Waals surface area contributed by atoms with E-state index in [4.69, 9.17) is 4.74 Å². The fourth-order valence-electron chi connectivity index (χ4n) is 2.97. The van der Waals surface area contributed by atoms with Crippen molar-refractivity contribution in [2.75, 3.05) is 13.2 Å². The molecule has 126 valence electrons. The van der Waals surface area contributed by atoms with Gasteiger partial charge >= 0.3 is 0 Å². The fourth-order valence-corrected chi connectivity index (χ4v) is 2.97. The van der Waals surface area contributed by atoms with Gasteiger partial charge in [0.05, 0.1) is 0 Å². The molecule has 0 saturated carbocycles. The highest BCUT2D eigenvalue weighted by Gasteiger charge is 2.22. The molecule has 0 atom stereocenters. The summed E-state index contributed by atoms with van der Waals surface area (Å²) < 4.78 is 18.9. The number of rotatable bonds is 3. The number of amides is 1. The van der Waals surface area contributed by atoms with Crippen LogP contribution in [0.2, 0.25) is 0 Å². The van der Waals surface area contributed by atoms with E-state index in [1.165, 1.54) is 12.1 Å². The van der Waals surface area contributed by atoms with Gasteiger partial charge in [-0.3, -0.25) is 4.79 Å². The topological polar surface area (TPSA) is 55.3 Å². The average Bonchev–Trinajstić information content (AvgIpc) is 2.65. The van der Waals surface area contributed by atoms with Crippen molar-refractivity contribution in [3.05, 3.63) is 65.7 Å². The maximum atomic E-state index is 13.6. The Labute approximate surface area is 144 Å². The number of benzene rings is 1. The Kier molecular flexibility index (Phi) is 4.01. The summed E-state index contributed by atoms with van der Waals surface area (Å²) in [6, 6.07) is 11.9. The van der Waals surface area contributed by atoms with Crippen LogP contribution in [0.5, 0.6) is 5.75 Å². The predicted molar refractivity (Wildman–Crippen MR) is 90.6 cm³/mol. The van der Waals surface area contributed by atoms with Crippen LogP contribution in [0.3, 0.4) is 0 Å².